The van der Waals surface area contributed by atoms with Gasteiger partial charge in [0.2, 0.25) is 5.91 Å². The van der Waals surface area contributed by atoms with E-state index in [1.165, 1.54) is 17.2 Å². The number of aromatic nitrogens is 2. The van der Waals surface area contributed by atoms with Gasteiger partial charge in [-0.15, -0.1) is 0 Å². The summed E-state index contributed by atoms with van der Waals surface area (Å²) in [5.74, 6) is -0.0938. The number of nitrogens with zero attached hydrogens (tertiary/aromatic N) is 4. The number of carbonyl (C=O) groups is 3. The van der Waals surface area contributed by atoms with Crippen LogP contribution < -0.4 is 25.6 Å². The van der Waals surface area contributed by atoms with Crippen LogP contribution in [-0.2, 0) is 27.2 Å². The van der Waals surface area contributed by atoms with Gasteiger partial charge in [-0.05, 0) is 55.0 Å². The van der Waals surface area contributed by atoms with Crippen LogP contribution in [0.15, 0.2) is 18.3 Å². The Labute approximate surface area is 240 Å². The summed E-state index contributed by atoms with van der Waals surface area (Å²) < 4.78 is 26.1. The minimum Gasteiger partial charge on any atom is -0.465 e. The minimum absolute atomic E-state index is 0.127. The number of aliphatic hydroxyl groups is 1. The third-order valence-electron chi connectivity index (χ3n) is 8.88. The number of nitrogens with one attached hydrogen (secondary N) is 3. The SMILES string of the molecule is O=C1COc2ncc(N3CC4(CCN(CC5Cc6cc(NC(=O)[C@H]7NCC[C@@H]7O)cc(F)c6C5)CC4)OC3=O)nc2N1. The molecular weight excluding hydrogens is 549 g/mol. The Morgan fingerprint density at radius 2 is 2.07 bits per heavy atom. The zero-order valence-electron chi connectivity index (χ0n) is 22.9. The molecule has 4 N–H and O–H groups in total. The molecule has 5 heterocycles. The molecule has 13 nitrogen and oxygen atoms in total. The van der Waals surface area contributed by atoms with E-state index in [0.29, 0.717) is 62.3 Å². The smallest absolute Gasteiger partial charge is 0.416 e. The van der Waals surface area contributed by atoms with E-state index in [1.54, 1.807) is 0 Å². The number of rotatable bonds is 5. The van der Waals surface area contributed by atoms with E-state index in [-0.39, 0.29) is 41.9 Å². The molecule has 2 aromatic rings. The third kappa shape index (κ3) is 5.03. The monoisotopic (exact) mass is 581 g/mol. The summed E-state index contributed by atoms with van der Waals surface area (Å²) in [6.07, 6.45) is 3.35. The minimum atomic E-state index is -0.746. The summed E-state index contributed by atoms with van der Waals surface area (Å²) in [5.41, 5.74) is 1.36. The van der Waals surface area contributed by atoms with Crippen molar-refractivity contribution in [1.29, 1.82) is 0 Å². The molecule has 14 heteroatoms. The first-order valence-electron chi connectivity index (χ1n) is 14.3. The van der Waals surface area contributed by atoms with Crippen LogP contribution in [0.25, 0.3) is 0 Å². The van der Waals surface area contributed by atoms with Gasteiger partial charge in [-0.1, -0.05) is 0 Å². The Hall–Kier alpha value is -3.88. The molecule has 1 aromatic heterocycles. The molecule has 5 aliphatic rings. The maximum Gasteiger partial charge on any atom is 0.416 e. The van der Waals surface area contributed by atoms with Crippen molar-refractivity contribution < 1.29 is 33.4 Å². The predicted octanol–water partition coefficient (Wildman–Crippen LogP) is 0.814. The van der Waals surface area contributed by atoms with Crippen LogP contribution >= 0.6 is 0 Å². The van der Waals surface area contributed by atoms with Gasteiger partial charge < -0.3 is 35.4 Å². The predicted molar refractivity (Wildman–Crippen MR) is 147 cm³/mol. The average molecular weight is 582 g/mol. The van der Waals surface area contributed by atoms with Crippen LogP contribution in [0, 0.1) is 11.7 Å². The fourth-order valence-electron chi connectivity index (χ4n) is 6.71. The number of likely N-dealkylation sites (tertiary alicyclic amines) is 1. The first kappa shape index (κ1) is 27.0. The van der Waals surface area contributed by atoms with Crippen LogP contribution in [0.1, 0.15) is 30.4 Å². The first-order chi connectivity index (χ1) is 20.2. The van der Waals surface area contributed by atoms with E-state index in [1.807, 2.05) is 6.07 Å². The topological polar surface area (TPSA) is 158 Å². The van der Waals surface area contributed by atoms with Crippen LogP contribution in [-0.4, -0.2) is 95.0 Å². The van der Waals surface area contributed by atoms with E-state index in [9.17, 15) is 19.5 Å². The van der Waals surface area contributed by atoms with Crippen LogP contribution in [0.5, 0.6) is 5.88 Å². The molecule has 1 aromatic carbocycles. The van der Waals surface area contributed by atoms with E-state index in [2.05, 4.69) is 30.8 Å². The van der Waals surface area contributed by atoms with Gasteiger partial charge in [-0.2, -0.15) is 0 Å². The largest absolute Gasteiger partial charge is 0.465 e. The van der Waals surface area contributed by atoms with Gasteiger partial charge in [0, 0.05) is 38.2 Å². The number of aliphatic hydroxyl groups excluding tert-OH is 1. The fraction of sp³-hybridized carbons (Fsp3) is 0.536. The molecule has 222 valence electrons. The second-order valence-corrected chi connectivity index (χ2v) is 11.8. The Morgan fingerprint density at radius 1 is 1.24 bits per heavy atom. The first-order valence-corrected chi connectivity index (χ1v) is 14.3. The van der Waals surface area contributed by atoms with E-state index in [0.717, 1.165) is 25.2 Å². The van der Waals surface area contributed by atoms with E-state index < -0.39 is 23.8 Å². The highest BCUT2D eigenvalue weighted by Crippen LogP contribution is 2.38. The number of fused-ring (bicyclic) bond motifs is 2. The number of ether oxygens (including phenoxy) is 2. The van der Waals surface area contributed by atoms with Crippen LogP contribution in [0.2, 0.25) is 0 Å². The second kappa shape index (κ2) is 10.4. The molecule has 3 saturated heterocycles. The fourth-order valence-corrected chi connectivity index (χ4v) is 6.71. The molecular formula is C28H32FN7O6. The Morgan fingerprint density at radius 3 is 2.86 bits per heavy atom. The molecule has 1 unspecified atom stereocenters. The normalized spacial score (nSPS) is 26.4. The molecule has 0 saturated carbocycles. The van der Waals surface area contributed by atoms with Gasteiger partial charge >= 0.3 is 6.09 Å². The van der Waals surface area contributed by atoms with Crippen molar-refractivity contribution in [3.63, 3.8) is 0 Å². The van der Waals surface area contributed by atoms with E-state index in [4.69, 9.17) is 9.47 Å². The van der Waals surface area contributed by atoms with E-state index >= 15 is 4.39 Å². The number of halogens is 1. The Kier molecular flexibility index (Phi) is 6.71. The van der Waals surface area contributed by atoms with Gasteiger partial charge in [-0.3, -0.25) is 14.5 Å². The summed E-state index contributed by atoms with van der Waals surface area (Å²) >= 11 is 0. The molecule has 4 aliphatic heterocycles. The van der Waals surface area contributed by atoms with Crippen LogP contribution in [0.4, 0.5) is 26.5 Å². The van der Waals surface area contributed by atoms with Crippen molar-refractivity contribution in [1.82, 2.24) is 20.2 Å². The lowest BCUT2D eigenvalue weighted by atomic mass is 9.90. The highest BCUT2D eigenvalue weighted by atomic mass is 19.1. The van der Waals surface area contributed by atoms with Gasteiger partial charge in [0.05, 0.1) is 18.8 Å². The number of hydrogen-bond donors (Lipinski definition) is 4. The zero-order chi connectivity index (χ0) is 29.0. The second-order valence-electron chi connectivity index (χ2n) is 11.8. The van der Waals surface area contributed by atoms with Gasteiger partial charge in [0.1, 0.15) is 17.5 Å². The number of hydrogen-bond acceptors (Lipinski definition) is 10. The maximum absolute atomic E-state index is 15.0. The van der Waals surface area contributed by atoms with Crippen molar-refractivity contribution >= 4 is 35.2 Å². The maximum atomic E-state index is 15.0. The van der Waals surface area contributed by atoms with Crippen molar-refractivity contribution in [3.05, 3.63) is 35.3 Å². The molecule has 7 rings (SSSR count). The summed E-state index contributed by atoms with van der Waals surface area (Å²) in [6, 6.07) is 2.52. The lowest BCUT2D eigenvalue weighted by Gasteiger charge is -2.38. The standard InChI is InChI=1S/C28H32FN7O6/c29-19-10-17(32-25(39)23-20(37)1-4-30-23)9-16-7-15(8-18(16)19)12-35-5-2-28(3-6-35)14-36(27(40)42-28)21-11-31-26-24(33-21)34-22(38)13-41-26/h9-11,15,20,23,30,37H,1-8,12-14H2,(H,32,39)(H,33,34,38)/t15?,20-,23-/m0/s1. The van der Waals surface area contributed by atoms with Crippen molar-refractivity contribution in [3.8, 4) is 5.88 Å². The summed E-state index contributed by atoms with van der Waals surface area (Å²) in [6.45, 7) is 3.03. The quantitative estimate of drug-likeness (QED) is 0.398. The Balaban J connectivity index is 0.942. The van der Waals surface area contributed by atoms with Crippen molar-refractivity contribution in [2.75, 3.05) is 54.9 Å². The number of carbonyl (C=O) groups excluding carboxylic acids is 3. The Bertz CT molecular complexity index is 1450. The lowest BCUT2D eigenvalue weighted by molar-refractivity contribution is -0.120. The van der Waals surface area contributed by atoms with Crippen molar-refractivity contribution in [2.45, 2.75) is 49.9 Å². The van der Waals surface area contributed by atoms with Crippen LogP contribution in [0.3, 0.4) is 0 Å². The lowest BCUT2D eigenvalue weighted by Crippen LogP contribution is -2.48. The summed E-state index contributed by atoms with van der Waals surface area (Å²) in [4.78, 5) is 49.3. The molecule has 42 heavy (non-hydrogen) atoms. The molecule has 3 atom stereocenters. The molecule has 0 bridgehead atoms. The van der Waals surface area contributed by atoms with Gasteiger partial charge in [0.25, 0.3) is 11.8 Å². The molecule has 1 aliphatic carbocycles. The van der Waals surface area contributed by atoms with Crippen molar-refractivity contribution in [2.24, 2.45) is 5.92 Å². The number of benzene rings is 1. The van der Waals surface area contributed by atoms with Gasteiger partial charge in [-0.25, -0.2) is 19.2 Å². The molecule has 3 amide bonds. The zero-order valence-corrected chi connectivity index (χ0v) is 22.9. The third-order valence-corrected chi connectivity index (χ3v) is 8.88. The molecule has 1 spiro atoms. The number of amides is 3. The molecule has 3 fully saturated rings. The number of piperidine rings is 1. The number of anilines is 3. The highest BCUT2D eigenvalue weighted by Gasteiger charge is 2.48. The highest BCUT2D eigenvalue weighted by molar-refractivity contribution is 5.96. The summed E-state index contributed by atoms with van der Waals surface area (Å²) in [7, 11) is 0. The molecule has 0 radical (unpaired) electrons. The summed E-state index contributed by atoms with van der Waals surface area (Å²) in [5, 5.41) is 18.3. The average Bonchev–Trinajstić information content (AvgIpc) is 3.66. The van der Waals surface area contributed by atoms with Gasteiger partial charge in [0.15, 0.2) is 18.2 Å².